The maximum absolute atomic E-state index is 14.3. The van der Waals surface area contributed by atoms with Crippen molar-refractivity contribution in [1.29, 1.82) is 0 Å². The number of unbranched alkanes of at least 4 members (excludes halogenated alkanes) is 4. The van der Waals surface area contributed by atoms with Crippen molar-refractivity contribution in [3.63, 3.8) is 0 Å². The summed E-state index contributed by atoms with van der Waals surface area (Å²) < 4.78 is 5.42. The molecule has 0 fully saturated rings. The SMILES string of the molecule is CCCCCCCN(C(=O)C(CCC(N)=O)NC(=O)OC(C)(C)C)C(C(=O)NC(C)CCC)c1ccc(C)cc1C. The highest BCUT2D eigenvalue weighted by Crippen LogP contribution is 2.28. The van der Waals surface area contributed by atoms with Crippen LogP contribution in [0, 0.1) is 13.8 Å². The van der Waals surface area contributed by atoms with Crippen LogP contribution in [0.2, 0.25) is 0 Å². The number of hydrogen-bond donors (Lipinski definition) is 3. The number of nitrogens with zero attached hydrogens (tertiary/aromatic N) is 1. The molecular formula is C32H54N4O5. The minimum atomic E-state index is -1.10. The fraction of sp³-hybridized carbons (Fsp3) is 0.688. The molecule has 3 atom stereocenters. The molecule has 0 saturated carbocycles. The fourth-order valence-corrected chi connectivity index (χ4v) is 4.86. The van der Waals surface area contributed by atoms with Crippen LogP contribution in [0.5, 0.6) is 0 Å². The van der Waals surface area contributed by atoms with Crippen molar-refractivity contribution in [3.8, 4) is 0 Å². The van der Waals surface area contributed by atoms with Gasteiger partial charge in [0.05, 0.1) is 0 Å². The summed E-state index contributed by atoms with van der Waals surface area (Å²) in [6, 6.07) is 3.75. The first kappa shape index (κ1) is 35.9. The molecule has 1 aromatic carbocycles. The lowest BCUT2D eigenvalue weighted by Crippen LogP contribution is -2.54. The maximum atomic E-state index is 14.3. The Morgan fingerprint density at radius 2 is 1.61 bits per heavy atom. The topological polar surface area (TPSA) is 131 Å². The number of nitrogens with one attached hydrogen (secondary N) is 2. The van der Waals surface area contributed by atoms with Gasteiger partial charge in [0.1, 0.15) is 17.7 Å². The number of primary amides is 1. The Morgan fingerprint density at radius 1 is 0.951 bits per heavy atom. The van der Waals surface area contributed by atoms with E-state index in [2.05, 4.69) is 24.5 Å². The largest absolute Gasteiger partial charge is 0.444 e. The summed E-state index contributed by atoms with van der Waals surface area (Å²) in [4.78, 5) is 54.3. The second-order valence-corrected chi connectivity index (χ2v) is 12.1. The number of amides is 4. The molecule has 0 aliphatic carbocycles. The standard InChI is InChI=1S/C32H54N4O5/c1-9-11-12-13-14-20-36(30(39)26(18-19-27(33)37)35-31(40)41-32(6,7)8)28(29(38)34-24(5)15-10-2)25-17-16-22(3)21-23(25)4/h16-17,21,24,26,28H,9-15,18-20H2,1-8H3,(H2,33,37)(H,34,38)(H,35,40). The predicted molar refractivity (Wildman–Crippen MR) is 163 cm³/mol. The lowest BCUT2D eigenvalue weighted by Gasteiger charge is -2.36. The summed E-state index contributed by atoms with van der Waals surface area (Å²) in [5.74, 6) is -1.31. The molecule has 232 valence electrons. The maximum Gasteiger partial charge on any atom is 0.408 e. The lowest BCUT2D eigenvalue weighted by molar-refractivity contribution is -0.143. The van der Waals surface area contributed by atoms with Crippen LogP contribution in [0.4, 0.5) is 4.79 Å². The van der Waals surface area contributed by atoms with E-state index in [0.29, 0.717) is 13.0 Å². The van der Waals surface area contributed by atoms with Gasteiger partial charge in [0.25, 0.3) is 0 Å². The molecule has 0 heterocycles. The summed E-state index contributed by atoms with van der Waals surface area (Å²) in [7, 11) is 0. The lowest BCUT2D eigenvalue weighted by atomic mass is 9.95. The number of carbonyl (C=O) groups is 4. The zero-order chi connectivity index (χ0) is 31.2. The normalized spacial score (nSPS) is 13.6. The van der Waals surface area contributed by atoms with Crippen LogP contribution in [0.15, 0.2) is 18.2 Å². The Hall–Kier alpha value is -3.10. The third-order valence-corrected chi connectivity index (χ3v) is 6.84. The van der Waals surface area contributed by atoms with Crippen molar-refractivity contribution in [2.24, 2.45) is 5.73 Å². The van der Waals surface area contributed by atoms with E-state index in [-0.39, 0.29) is 24.8 Å². The highest BCUT2D eigenvalue weighted by molar-refractivity contribution is 5.92. The van der Waals surface area contributed by atoms with E-state index in [9.17, 15) is 19.2 Å². The summed E-state index contributed by atoms with van der Waals surface area (Å²) in [5.41, 5.74) is 7.31. The van der Waals surface area contributed by atoms with Gasteiger partial charge >= 0.3 is 6.09 Å². The van der Waals surface area contributed by atoms with E-state index in [1.165, 1.54) is 0 Å². The summed E-state index contributed by atoms with van der Waals surface area (Å²) in [6.07, 6.45) is 5.61. The minimum Gasteiger partial charge on any atom is -0.444 e. The molecule has 1 rings (SSSR count). The molecule has 0 aliphatic rings. The summed E-state index contributed by atoms with van der Waals surface area (Å²) in [6.45, 7) is 15.6. The molecule has 0 aromatic heterocycles. The van der Waals surface area contributed by atoms with Crippen LogP contribution in [-0.2, 0) is 19.1 Å². The monoisotopic (exact) mass is 574 g/mol. The number of hydrogen-bond acceptors (Lipinski definition) is 5. The van der Waals surface area contributed by atoms with Gasteiger partial charge in [0, 0.05) is 19.0 Å². The van der Waals surface area contributed by atoms with E-state index in [1.54, 1.807) is 25.7 Å². The first-order valence-electron chi connectivity index (χ1n) is 15.2. The van der Waals surface area contributed by atoms with E-state index in [0.717, 1.165) is 55.2 Å². The Kier molecular flexibility index (Phi) is 15.5. The molecule has 9 nitrogen and oxygen atoms in total. The van der Waals surface area contributed by atoms with Crippen LogP contribution in [0.3, 0.4) is 0 Å². The average Bonchev–Trinajstić information content (AvgIpc) is 2.85. The molecule has 0 bridgehead atoms. The van der Waals surface area contributed by atoms with Gasteiger partial charge in [-0.15, -0.1) is 0 Å². The Morgan fingerprint density at radius 3 is 2.17 bits per heavy atom. The van der Waals surface area contributed by atoms with Crippen LogP contribution in [0.25, 0.3) is 0 Å². The molecule has 4 N–H and O–H groups in total. The van der Waals surface area contributed by atoms with Crippen LogP contribution in [-0.4, -0.2) is 52.9 Å². The van der Waals surface area contributed by atoms with Gasteiger partial charge in [-0.3, -0.25) is 14.4 Å². The van der Waals surface area contributed by atoms with E-state index < -0.39 is 35.6 Å². The van der Waals surface area contributed by atoms with Gasteiger partial charge in [-0.25, -0.2) is 4.79 Å². The molecule has 9 heteroatoms. The second-order valence-electron chi connectivity index (χ2n) is 12.1. The molecule has 41 heavy (non-hydrogen) atoms. The third-order valence-electron chi connectivity index (χ3n) is 6.84. The molecular weight excluding hydrogens is 520 g/mol. The Bertz CT molecular complexity index is 1000. The predicted octanol–water partition coefficient (Wildman–Crippen LogP) is 5.61. The van der Waals surface area contributed by atoms with Crippen molar-refractivity contribution < 1.29 is 23.9 Å². The van der Waals surface area contributed by atoms with Gasteiger partial charge in [-0.05, 0) is 71.9 Å². The number of ether oxygens (including phenoxy) is 1. The van der Waals surface area contributed by atoms with Gasteiger partial charge in [-0.1, -0.05) is 69.7 Å². The first-order valence-corrected chi connectivity index (χ1v) is 15.2. The number of nitrogens with two attached hydrogens (primary N) is 1. The molecule has 0 aliphatic heterocycles. The Balaban J connectivity index is 3.58. The highest BCUT2D eigenvalue weighted by Gasteiger charge is 2.37. The highest BCUT2D eigenvalue weighted by atomic mass is 16.6. The minimum absolute atomic E-state index is 0.00675. The van der Waals surface area contributed by atoms with Crippen LogP contribution >= 0.6 is 0 Å². The van der Waals surface area contributed by atoms with Crippen LogP contribution in [0.1, 0.15) is 122 Å². The number of benzene rings is 1. The van der Waals surface area contributed by atoms with Crippen molar-refractivity contribution in [3.05, 3.63) is 34.9 Å². The number of alkyl carbamates (subject to hydrolysis) is 1. The number of carbonyl (C=O) groups excluding carboxylic acids is 4. The zero-order valence-corrected chi connectivity index (χ0v) is 26.6. The average molecular weight is 575 g/mol. The smallest absolute Gasteiger partial charge is 0.408 e. The van der Waals surface area contributed by atoms with E-state index >= 15 is 0 Å². The van der Waals surface area contributed by atoms with Crippen molar-refractivity contribution in [2.75, 3.05) is 6.54 Å². The molecule has 0 saturated heterocycles. The molecule has 0 spiro atoms. The zero-order valence-electron chi connectivity index (χ0n) is 26.6. The van der Waals surface area contributed by atoms with Gasteiger partial charge in [0.2, 0.25) is 17.7 Å². The van der Waals surface area contributed by atoms with Gasteiger partial charge < -0.3 is 26.0 Å². The number of rotatable bonds is 17. The fourth-order valence-electron chi connectivity index (χ4n) is 4.86. The summed E-state index contributed by atoms with van der Waals surface area (Å²) >= 11 is 0. The van der Waals surface area contributed by atoms with Gasteiger partial charge in [-0.2, -0.15) is 0 Å². The summed E-state index contributed by atoms with van der Waals surface area (Å²) in [5, 5.41) is 5.77. The molecule has 3 unspecified atom stereocenters. The molecule has 1 aromatic rings. The Labute approximate surface area is 247 Å². The van der Waals surface area contributed by atoms with Gasteiger partial charge in [0.15, 0.2) is 0 Å². The van der Waals surface area contributed by atoms with Crippen LogP contribution < -0.4 is 16.4 Å². The molecule has 4 amide bonds. The molecule has 0 radical (unpaired) electrons. The third kappa shape index (κ3) is 13.4. The van der Waals surface area contributed by atoms with Crippen molar-refractivity contribution in [2.45, 2.75) is 137 Å². The number of aryl methyl sites for hydroxylation is 2. The first-order chi connectivity index (χ1) is 19.2. The van der Waals surface area contributed by atoms with E-state index in [4.69, 9.17) is 10.5 Å². The quantitative estimate of drug-likeness (QED) is 0.208. The van der Waals surface area contributed by atoms with Crippen molar-refractivity contribution in [1.82, 2.24) is 15.5 Å². The second kappa shape index (κ2) is 17.7. The van der Waals surface area contributed by atoms with E-state index in [1.807, 2.05) is 39.0 Å². The van der Waals surface area contributed by atoms with Crippen molar-refractivity contribution >= 4 is 23.8 Å².